The summed E-state index contributed by atoms with van der Waals surface area (Å²) in [4.78, 5) is 2.57. The van der Waals surface area contributed by atoms with Crippen molar-refractivity contribution in [3.8, 4) is 0 Å². The van der Waals surface area contributed by atoms with Crippen LogP contribution < -0.4 is 5.73 Å². The van der Waals surface area contributed by atoms with Gasteiger partial charge in [0.1, 0.15) is 0 Å². The molecule has 3 N–H and O–H groups in total. The molecule has 1 aromatic carbocycles. The SMILES string of the molecule is Cc1cc(CN)ccc1CN1CCCC1CCCO. The second kappa shape index (κ2) is 7.04. The number of benzene rings is 1. The van der Waals surface area contributed by atoms with Gasteiger partial charge < -0.3 is 10.8 Å². The maximum atomic E-state index is 8.97. The zero-order valence-electron chi connectivity index (χ0n) is 11.9. The van der Waals surface area contributed by atoms with E-state index in [0.717, 1.165) is 19.4 Å². The van der Waals surface area contributed by atoms with Gasteiger partial charge in [-0.25, -0.2) is 0 Å². The van der Waals surface area contributed by atoms with Crippen LogP contribution in [-0.4, -0.2) is 29.2 Å². The summed E-state index contributed by atoms with van der Waals surface area (Å²) < 4.78 is 0. The van der Waals surface area contributed by atoms with Crippen molar-refractivity contribution in [3.63, 3.8) is 0 Å². The fourth-order valence-electron chi connectivity index (χ4n) is 3.04. The first-order valence-electron chi connectivity index (χ1n) is 7.38. The molecule has 1 heterocycles. The van der Waals surface area contributed by atoms with Crippen LogP contribution in [-0.2, 0) is 13.1 Å². The van der Waals surface area contributed by atoms with Gasteiger partial charge in [0.2, 0.25) is 0 Å². The number of rotatable bonds is 6. The largest absolute Gasteiger partial charge is 0.396 e. The van der Waals surface area contributed by atoms with Crippen molar-refractivity contribution in [2.24, 2.45) is 5.73 Å². The number of aliphatic hydroxyl groups is 1. The van der Waals surface area contributed by atoms with Gasteiger partial charge in [-0.3, -0.25) is 4.90 Å². The molecule has 19 heavy (non-hydrogen) atoms. The predicted molar refractivity (Wildman–Crippen MR) is 78.8 cm³/mol. The summed E-state index contributed by atoms with van der Waals surface area (Å²) in [5.41, 5.74) is 9.64. The van der Waals surface area contributed by atoms with E-state index in [1.165, 1.54) is 36.1 Å². The zero-order valence-corrected chi connectivity index (χ0v) is 11.9. The summed E-state index contributed by atoms with van der Waals surface area (Å²) in [5, 5.41) is 8.97. The van der Waals surface area contributed by atoms with Crippen LogP contribution >= 0.6 is 0 Å². The molecule has 0 spiro atoms. The smallest absolute Gasteiger partial charge is 0.0431 e. The summed E-state index contributed by atoms with van der Waals surface area (Å²) in [6.45, 7) is 5.33. The first kappa shape index (κ1) is 14.5. The lowest BCUT2D eigenvalue weighted by atomic mass is 10.0. The van der Waals surface area contributed by atoms with Gasteiger partial charge in [-0.05, 0) is 55.8 Å². The van der Waals surface area contributed by atoms with Crippen LogP contribution in [0.5, 0.6) is 0 Å². The van der Waals surface area contributed by atoms with Crippen molar-refractivity contribution in [3.05, 3.63) is 34.9 Å². The van der Waals surface area contributed by atoms with Crippen LogP contribution in [0.1, 0.15) is 42.4 Å². The molecule has 106 valence electrons. The van der Waals surface area contributed by atoms with Crippen molar-refractivity contribution in [2.75, 3.05) is 13.2 Å². The van der Waals surface area contributed by atoms with Gasteiger partial charge in [-0.2, -0.15) is 0 Å². The number of hydrogen-bond acceptors (Lipinski definition) is 3. The third kappa shape index (κ3) is 3.78. The standard InChI is InChI=1S/C16H26N2O/c1-13-10-14(11-17)6-7-15(13)12-18-8-2-4-16(18)5-3-9-19/h6-7,10,16,19H,2-5,8-9,11-12,17H2,1H3. The molecule has 3 nitrogen and oxygen atoms in total. The first-order valence-corrected chi connectivity index (χ1v) is 7.38. The van der Waals surface area contributed by atoms with E-state index < -0.39 is 0 Å². The third-order valence-corrected chi connectivity index (χ3v) is 4.21. The van der Waals surface area contributed by atoms with E-state index in [-0.39, 0.29) is 0 Å². The predicted octanol–water partition coefficient (Wildman–Crippen LogP) is 2.19. The van der Waals surface area contributed by atoms with Gasteiger partial charge in [0.15, 0.2) is 0 Å². The number of aliphatic hydroxyl groups excluding tert-OH is 1. The molecule has 0 amide bonds. The fraction of sp³-hybridized carbons (Fsp3) is 0.625. The molecular weight excluding hydrogens is 236 g/mol. The van der Waals surface area contributed by atoms with Gasteiger partial charge >= 0.3 is 0 Å². The maximum absolute atomic E-state index is 8.97. The number of nitrogens with two attached hydrogens (primary N) is 1. The van der Waals surface area contributed by atoms with E-state index in [0.29, 0.717) is 19.2 Å². The lowest BCUT2D eigenvalue weighted by Gasteiger charge is -2.25. The van der Waals surface area contributed by atoms with Crippen molar-refractivity contribution in [2.45, 2.75) is 51.7 Å². The minimum atomic E-state index is 0.314. The Morgan fingerprint density at radius 3 is 2.95 bits per heavy atom. The van der Waals surface area contributed by atoms with Gasteiger partial charge in [0.05, 0.1) is 0 Å². The van der Waals surface area contributed by atoms with Crippen LogP contribution in [0, 0.1) is 6.92 Å². The molecule has 2 rings (SSSR count). The highest BCUT2D eigenvalue weighted by molar-refractivity contribution is 5.31. The zero-order chi connectivity index (χ0) is 13.7. The minimum absolute atomic E-state index is 0.314. The molecule has 3 heteroatoms. The number of aryl methyl sites for hydroxylation is 1. The van der Waals surface area contributed by atoms with Crippen LogP contribution in [0.15, 0.2) is 18.2 Å². The van der Waals surface area contributed by atoms with E-state index in [9.17, 15) is 0 Å². The number of hydrogen-bond donors (Lipinski definition) is 2. The second-order valence-corrected chi connectivity index (χ2v) is 5.60. The first-order chi connectivity index (χ1) is 9.24. The van der Waals surface area contributed by atoms with Crippen molar-refractivity contribution in [1.82, 2.24) is 4.90 Å². The van der Waals surface area contributed by atoms with E-state index >= 15 is 0 Å². The number of likely N-dealkylation sites (tertiary alicyclic amines) is 1. The molecule has 1 unspecified atom stereocenters. The average Bonchev–Trinajstić information content (AvgIpc) is 2.86. The van der Waals surface area contributed by atoms with Gasteiger partial charge in [-0.15, -0.1) is 0 Å². The average molecular weight is 262 g/mol. The normalized spacial score (nSPS) is 20.1. The Balaban J connectivity index is 1.99. The molecule has 1 saturated heterocycles. The van der Waals surface area contributed by atoms with Crippen molar-refractivity contribution >= 4 is 0 Å². The molecule has 1 atom stereocenters. The molecule has 1 fully saturated rings. The Labute approximate surface area is 116 Å². The summed E-state index contributed by atoms with van der Waals surface area (Å²) in [7, 11) is 0. The molecule has 1 aliphatic rings. The Kier molecular flexibility index (Phi) is 5.37. The third-order valence-electron chi connectivity index (χ3n) is 4.21. The quantitative estimate of drug-likeness (QED) is 0.826. The monoisotopic (exact) mass is 262 g/mol. The highest BCUT2D eigenvalue weighted by Gasteiger charge is 2.24. The maximum Gasteiger partial charge on any atom is 0.0431 e. The lowest BCUT2D eigenvalue weighted by molar-refractivity contribution is 0.210. The molecule has 1 aliphatic heterocycles. The van der Waals surface area contributed by atoms with Crippen LogP contribution in [0.25, 0.3) is 0 Å². The topological polar surface area (TPSA) is 49.5 Å². The summed E-state index contributed by atoms with van der Waals surface area (Å²) >= 11 is 0. The van der Waals surface area contributed by atoms with Gasteiger partial charge in [0, 0.05) is 25.7 Å². The molecule has 0 bridgehead atoms. The molecule has 1 aromatic rings. The highest BCUT2D eigenvalue weighted by Crippen LogP contribution is 2.24. The Morgan fingerprint density at radius 2 is 2.26 bits per heavy atom. The number of nitrogens with zero attached hydrogens (tertiary/aromatic N) is 1. The fourth-order valence-corrected chi connectivity index (χ4v) is 3.04. The van der Waals surface area contributed by atoms with Crippen LogP contribution in [0.4, 0.5) is 0 Å². The summed E-state index contributed by atoms with van der Waals surface area (Å²) in [5.74, 6) is 0. The molecule has 0 aliphatic carbocycles. The Hall–Kier alpha value is -0.900. The molecule has 0 saturated carbocycles. The van der Waals surface area contributed by atoms with E-state index in [2.05, 4.69) is 30.0 Å². The van der Waals surface area contributed by atoms with Gasteiger partial charge in [-0.1, -0.05) is 18.2 Å². The highest BCUT2D eigenvalue weighted by atomic mass is 16.2. The van der Waals surface area contributed by atoms with E-state index in [4.69, 9.17) is 10.8 Å². The van der Waals surface area contributed by atoms with E-state index in [1.807, 2.05) is 0 Å². The minimum Gasteiger partial charge on any atom is -0.396 e. The van der Waals surface area contributed by atoms with Crippen LogP contribution in [0.3, 0.4) is 0 Å². The van der Waals surface area contributed by atoms with Gasteiger partial charge in [0.25, 0.3) is 0 Å². The lowest BCUT2D eigenvalue weighted by Crippen LogP contribution is -2.29. The summed E-state index contributed by atoms with van der Waals surface area (Å²) in [6, 6.07) is 7.22. The van der Waals surface area contributed by atoms with Crippen molar-refractivity contribution in [1.29, 1.82) is 0 Å². The van der Waals surface area contributed by atoms with E-state index in [1.54, 1.807) is 0 Å². The molecular formula is C16H26N2O. The summed E-state index contributed by atoms with van der Waals surface area (Å²) in [6.07, 6.45) is 4.61. The Bertz CT molecular complexity index is 406. The second-order valence-electron chi connectivity index (χ2n) is 5.60. The van der Waals surface area contributed by atoms with Crippen molar-refractivity contribution < 1.29 is 5.11 Å². The molecule has 0 radical (unpaired) electrons. The molecule has 0 aromatic heterocycles. The Morgan fingerprint density at radius 1 is 1.42 bits per heavy atom. The van der Waals surface area contributed by atoms with Crippen LogP contribution in [0.2, 0.25) is 0 Å².